The summed E-state index contributed by atoms with van der Waals surface area (Å²) in [5.41, 5.74) is -1.03. The maximum absolute atomic E-state index is 13.0. The lowest BCUT2D eigenvalue weighted by Gasteiger charge is -2.37. The van der Waals surface area contributed by atoms with E-state index in [1.807, 2.05) is 11.7 Å². The van der Waals surface area contributed by atoms with Crippen molar-refractivity contribution in [2.24, 2.45) is 5.92 Å². The van der Waals surface area contributed by atoms with Crippen LogP contribution in [0.1, 0.15) is 53.4 Å². The summed E-state index contributed by atoms with van der Waals surface area (Å²) in [6, 6.07) is -0.142. The van der Waals surface area contributed by atoms with Gasteiger partial charge in [0.05, 0.1) is 11.7 Å². The Kier molecular flexibility index (Phi) is 4.92. The molecule has 1 amide bonds. The van der Waals surface area contributed by atoms with Gasteiger partial charge in [0.25, 0.3) is 0 Å². The summed E-state index contributed by atoms with van der Waals surface area (Å²) in [5, 5.41) is 6.91. The summed E-state index contributed by atoms with van der Waals surface area (Å²) in [6.45, 7) is 10.8. The molecule has 0 saturated carbocycles. The van der Waals surface area contributed by atoms with E-state index >= 15 is 0 Å². The Hall–Kier alpha value is -1.08. The Morgan fingerprint density at radius 1 is 1.28 bits per heavy atom. The number of rotatable bonds is 2. The Morgan fingerprint density at radius 3 is 2.64 bits per heavy atom. The summed E-state index contributed by atoms with van der Waals surface area (Å²) in [4.78, 5) is 27.7. The van der Waals surface area contributed by atoms with Crippen molar-refractivity contribution in [3.05, 3.63) is 0 Å². The Morgan fingerprint density at radius 2 is 2.00 bits per heavy atom. The molecule has 0 aromatic rings. The van der Waals surface area contributed by atoms with Gasteiger partial charge in [0, 0.05) is 12.6 Å². The van der Waals surface area contributed by atoms with Crippen LogP contribution in [0.2, 0.25) is 13.1 Å². The van der Waals surface area contributed by atoms with Gasteiger partial charge in [-0.25, -0.2) is 0 Å². The van der Waals surface area contributed by atoms with Crippen molar-refractivity contribution in [2.75, 3.05) is 6.54 Å². The van der Waals surface area contributed by atoms with Gasteiger partial charge in [0.15, 0.2) is 0 Å². The van der Waals surface area contributed by atoms with E-state index in [0.29, 0.717) is 13.0 Å². The van der Waals surface area contributed by atoms with Crippen LogP contribution < -0.4 is 10.6 Å². The molecule has 3 aliphatic rings. The largest absolute Gasteiger partial charge is 0.535 e. The van der Waals surface area contributed by atoms with Gasteiger partial charge in [-0.1, -0.05) is 26.7 Å². The maximum Gasteiger partial charge on any atom is 0.358 e. The highest BCUT2D eigenvalue weighted by Crippen LogP contribution is 2.36. The van der Waals surface area contributed by atoms with Crippen LogP contribution in [-0.2, 0) is 14.2 Å². The van der Waals surface area contributed by atoms with Crippen LogP contribution in [0.4, 0.5) is 0 Å². The molecule has 3 heterocycles. The van der Waals surface area contributed by atoms with E-state index in [-0.39, 0.29) is 36.8 Å². The van der Waals surface area contributed by atoms with Gasteiger partial charge in [-0.3, -0.25) is 20.2 Å². The highest BCUT2D eigenvalue weighted by molar-refractivity contribution is 6.52. The summed E-state index contributed by atoms with van der Waals surface area (Å²) in [5.74, 6) is 0.253. The predicted molar refractivity (Wildman–Crippen MR) is 98.2 cm³/mol. The van der Waals surface area contributed by atoms with Gasteiger partial charge < -0.3 is 9.55 Å². The molecule has 0 bridgehead atoms. The molecule has 3 aliphatic heterocycles. The molecule has 6 nitrogen and oxygen atoms in total. The molecule has 7 heteroatoms. The van der Waals surface area contributed by atoms with E-state index in [0.717, 1.165) is 25.6 Å². The first-order valence-corrected chi connectivity index (χ1v) is 9.73. The van der Waals surface area contributed by atoms with Crippen molar-refractivity contribution in [3.8, 4) is 0 Å². The van der Waals surface area contributed by atoms with Crippen molar-refractivity contribution in [1.29, 1.82) is 0 Å². The highest BCUT2D eigenvalue weighted by atomic mass is 16.5. The fourth-order valence-electron chi connectivity index (χ4n) is 4.73. The van der Waals surface area contributed by atoms with Gasteiger partial charge in [-0.2, -0.15) is 0 Å². The maximum atomic E-state index is 13.0. The van der Waals surface area contributed by atoms with Gasteiger partial charge in [-0.05, 0) is 45.8 Å². The molecule has 1 spiro atoms. The lowest BCUT2D eigenvalue weighted by atomic mass is 9.64. The summed E-state index contributed by atoms with van der Waals surface area (Å²) >= 11 is 0. The zero-order valence-electron chi connectivity index (χ0n) is 16.2. The van der Waals surface area contributed by atoms with Crippen molar-refractivity contribution in [3.63, 3.8) is 0 Å². The molecule has 0 aromatic carbocycles. The van der Waals surface area contributed by atoms with E-state index in [4.69, 9.17) is 4.65 Å². The van der Waals surface area contributed by atoms with Crippen LogP contribution in [0.3, 0.4) is 0 Å². The van der Waals surface area contributed by atoms with Crippen molar-refractivity contribution in [2.45, 2.75) is 89.8 Å². The molecule has 0 aromatic heterocycles. The number of carbonyl (C=O) groups is 2. The smallest absolute Gasteiger partial charge is 0.358 e. The van der Waals surface area contributed by atoms with Crippen molar-refractivity contribution >= 4 is 18.8 Å². The Balaban J connectivity index is 1.79. The fraction of sp³-hybridized carbons (Fsp3) is 0.889. The Bertz CT molecular complexity index is 554. The number of hydrogen-bond acceptors (Lipinski definition) is 5. The van der Waals surface area contributed by atoms with Gasteiger partial charge in [0.1, 0.15) is 5.54 Å². The topological polar surface area (TPSA) is 70.7 Å². The van der Waals surface area contributed by atoms with Crippen LogP contribution in [-0.4, -0.2) is 53.5 Å². The number of nitrogens with zero attached hydrogens (tertiary/aromatic N) is 1. The predicted octanol–water partition coefficient (Wildman–Crippen LogP) is 1.63. The molecule has 0 radical (unpaired) electrons. The molecule has 0 unspecified atom stereocenters. The fourth-order valence-corrected chi connectivity index (χ4v) is 4.73. The summed E-state index contributed by atoms with van der Waals surface area (Å²) < 4.78 is 5.66. The lowest BCUT2D eigenvalue weighted by Crippen LogP contribution is -2.53. The minimum Gasteiger partial charge on any atom is -0.535 e. The SMILES string of the molecule is CB1CCCC[C@@]2(C[C@@H](N3C(=O)[C@H](C(C)C)NC3(C)C)CN2)C(=O)O1. The first kappa shape index (κ1) is 18.7. The molecular formula is C18H32BN3O3. The molecule has 140 valence electrons. The van der Waals surface area contributed by atoms with Crippen LogP contribution in [0, 0.1) is 5.92 Å². The number of nitrogens with one attached hydrogen (secondary N) is 2. The first-order chi connectivity index (χ1) is 11.7. The summed E-state index contributed by atoms with van der Waals surface area (Å²) in [7, 11) is 0. The highest BCUT2D eigenvalue weighted by Gasteiger charge is 2.54. The second kappa shape index (κ2) is 6.58. The second-order valence-corrected chi connectivity index (χ2v) is 8.92. The molecular weight excluding hydrogens is 317 g/mol. The van der Waals surface area contributed by atoms with Crippen molar-refractivity contribution in [1.82, 2.24) is 15.5 Å². The molecule has 0 aliphatic carbocycles. The van der Waals surface area contributed by atoms with Gasteiger partial charge in [0.2, 0.25) is 5.91 Å². The number of amides is 1. The average molecular weight is 349 g/mol. The molecule has 3 saturated heterocycles. The summed E-state index contributed by atoms with van der Waals surface area (Å²) in [6.07, 6.45) is 4.46. The standard InChI is InChI=1S/C18H32BN3O3/c1-12(2)14-15(23)22(17(3,4)21-14)13-10-18(20-11-13)8-6-7-9-19(5)25-16(18)24/h12-14,20-21H,6-11H2,1-5H3/t13-,14+,18-/m1/s1. The first-order valence-electron chi connectivity index (χ1n) is 9.73. The lowest BCUT2D eigenvalue weighted by molar-refractivity contribution is -0.143. The minimum absolute atomic E-state index is 0.0148. The molecule has 3 fully saturated rings. The minimum atomic E-state index is -0.633. The monoisotopic (exact) mass is 349 g/mol. The van der Waals surface area contributed by atoms with E-state index in [1.165, 1.54) is 0 Å². The Labute approximate surface area is 151 Å². The second-order valence-electron chi connectivity index (χ2n) is 8.92. The molecule has 3 atom stereocenters. The molecule has 3 rings (SSSR count). The van der Waals surface area contributed by atoms with E-state index in [2.05, 4.69) is 38.3 Å². The normalized spacial score (nSPS) is 36.1. The third-order valence-corrected chi connectivity index (χ3v) is 6.07. The van der Waals surface area contributed by atoms with E-state index in [9.17, 15) is 9.59 Å². The van der Waals surface area contributed by atoms with Crippen LogP contribution in [0.25, 0.3) is 0 Å². The quantitative estimate of drug-likeness (QED) is 0.742. The third kappa shape index (κ3) is 3.33. The zero-order chi connectivity index (χ0) is 18.4. The van der Waals surface area contributed by atoms with Crippen LogP contribution >= 0.6 is 0 Å². The van der Waals surface area contributed by atoms with E-state index < -0.39 is 11.2 Å². The molecule has 25 heavy (non-hydrogen) atoms. The third-order valence-electron chi connectivity index (χ3n) is 6.07. The van der Waals surface area contributed by atoms with Crippen LogP contribution in [0.5, 0.6) is 0 Å². The zero-order valence-corrected chi connectivity index (χ0v) is 16.2. The van der Waals surface area contributed by atoms with Crippen LogP contribution in [0.15, 0.2) is 0 Å². The van der Waals surface area contributed by atoms with Gasteiger partial charge in [-0.15, -0.1) is 0 Å². The number of carbonyl (C=O) groups excluding carboxylic acids is 2. The molecule has 2 N–H and O–H groups in total. The van der Waals surface area contributed by atoms with Crippen molar-refractivity contribution < 1.29 is 14.2 Å². The average Bonchev–Trinajstić information content (AvgIpc) is 3.02. The van der Waals surface area contributed by atoms with E-state index in [1.54, 1.807) is 0 Å². The van der Waals surface area contributed by atoms with Gasteiger partial charge >= 0.3 is 12.9 Å². The number of hydrogen-bond donors (Lipinski definition) is 2.